The summed E-state index contributed by atoms with van der Waals surface area (Å²) in [4.78, 5) is 33.6. The standard InChI is InChI=1S/C18H21N3O3/c22-17-16-13(3-1-7-19-16)11-14(20-17)12-5-8-21(9-6-12)18(23)15-4-2-10-24-15/h1,3,7,11-12,15H,2,4-6,8-10H2,(H,20,22). The molecule has 2 aromatic heterocycles. The summed E-state index contributed by atoms with van der Waals surface area (Å²) in [5.74, 6) is 0.401. The molecule has 0 aromatic carbocycles. The van der Waals surface area contributed by atoms with Gasteiger partial charge in [-0.2, -0.15) is 0 Å². The van der Waals surface area contributed by atoms with Crippen LogP contribution in [0.5, 0.6) is 0 Å². The number of carbonyl (C=O) groups excluding carboxylic acids is 1. The number of carbonyl (C=O) groups is 1. The second-order valence-electron chi connectivity index (χ2n) is 6.60. The molecule has 1 N–H and O–H groups in total. The van der Waals surface area contributed by atoms with Crippen molar-refractivity contribution in [3.8, 4) is 0 Å². The molecular weight excluding hydrogens is 306 g/mol. The predicted molar refractivity (Wildman–Crippen MR) is 89.9 cm³/mol. The highest BCUT2D eigenvalue weighted by atomic mass is 16.5. The van der Waals surface area contributed by atoms with Crippen molar-refractivity contribution in [1.82, 2.24) is 14.9 Å². The number of hydrogen-bond donors (Lipinski definition) is 1. The molecule has 0 radical (unpaired) electrons. The number of pyridine rings is 2. The monoisotopic (exact) mass is 327 g/mol. The number of rotatable bonds is 2. The summed E-state index contributed by atoms with van der Waals surface area (Å²) >= 11 is 0. The Morgan fingerprint density at radius 1 is 1.29 bits per heavy atom. The molecule has 0 saturated carbocycles. The number of ether oxygens (including phenoxy) is 1. The molecule has 6 heteroatoms. The number of aromatic amines is 1. The lowest BCUT2D eigenvalue weighted by Gasteiger charge is -2.33. The van der Waals surface area contributed by atoms with E-state index in [1.54, 1.807) is 6.20 Å². The van der Waals surface area contributed by atoms with Crippen LogP contribution in [0.15, 0.2) is 29.2 Å². The minimum absolute atomic E-state index is 0.127. The van der Waals surface area contributed by atoms with Gasteiger partial charge < -0.3 is 14.6 Å². The van der Waals surface area contributed by atoms with Crippen molar-refractivity contribution >= 4 is 16.8 Å². The number of nitrogens with one attached hydrogen (secondary N) is 1. The molecule has 2 saturated heterocycles. The maximum absolute atomic E-state index is 12.4. The zero-order valence-electron chi connectivity index (χ0n) is 13.5. The van der Waals surface area contributed by atoms with E-state index in [0.29, 0.717) is 12.1 Å². The van der Waals surface area contributed by atoms with Gasteiger partial charge in [0, 0.05) is 42.9 Å². The zero-order valence-corrected chi connectivity index (χ0v) is 13.5. The molecule has 126 valence electrons. The van der Waals surface area contributed by atoms with Crippen LogP contribution < -0.4 is 5.56 Å². The molecular formula is C18H21N3O3. The maximum atomic E-state index is 12.4. The third kappa shape index (κ3) is 2.82. The third-order valence-corrected chi connectivity index (χ3v) is 5.07. The SMILES string of the molecule is O=C(C1CCCO1)N1CCC(c2cc3cccnc3c(=O)[nH]2)CC1. The highest BCUT2D eigenvalue weighted by Crippen LogP contribution is 2.28. The summed E-state index contributed by atoms with van der Waals surface area (Å²) in [5, 5.41) is 0.870. The number of hydrogen-bond acceptors (Lipinski definition) is 4. The minimum atomic E-state index is -0.242. The summed E-state index contributed by atoms with van der Waals surface area (Å²) in [6.07, 6.45) is 4.92. The van der Waals surface area contributed by atoms with Crippen LogP contribution >= 0.6 is 0 Å². The molecule has 4 heterocycles. The predicted octanol–water partition coefficient (Wildman–Crippen LogP) is 1.81. The molecule has 0 bridgehead atoms. The van der Waals surface area contributed by atoms with Crippen LogP contribution in [0.3, 0.4) is 0 Å². The van der Waals surface area contributed by atoms with E-state index in [1.807, 2.05) is 23.1 Å². The topological polar surface area (TPSA) is 75.3 Å². The Labute approximate surface area is 139 Å². The van der Waals surface area contributed by atoms with Crippen LogP contribution in [0, 0.1) is 0 Å². The van der Waals surface area contributed by atoms with Gasteiger partial charge in [0.15, 0.2) is 0 Å². The Morgan fingerprint density at radius 3 is 2.88 bits per heavy atom. The van der Waals surface area contributed by atoms with E-state index in [0.717, 1.165) is 49.9 Å². The first-order valence-electron chi connectivity index (χ1n) is 8.61. The molecule has 2 aromatic rings. The van der Waals surface area contributed by atoms with Crippen molar-refractivity contribution in [3.05, 3.63) is 40.4 Å². The van der Waals surface area contributed by atoms with Crippen LogP contribution in [-0.2, 0) is 9.53 Å². The van der Waals surface area contributed by atoms with Crippen molar-refractivity contribution in [2.45, 2.75) is 37.7 Å². The second-order valence-corrected chi connectivity index (χ2v) is 6.60. The fourth-order valence-electron chi connectivity index (χ4n) is 3.72. The van der Waals surface area contributed by atoms with Crippen molar-refractivity contribution in [1.29, 1.82) is 0 Å². The van der Waals surface area contributed by atoms with E-state index in [1.165, 1.54) is 0 Å². The number of amides is 1. The third-order valence-electron chi connectivity index (χ3n) is 5.07. The molecule has 1 amide bonds. The zero-order chi connectivity index (χ0) is 16.5. The van der Waals surface area contributed by atoms with Crippen LogP contribution in [-0.4, -0.2) is 46.6 Å². The van der Waals surface area contributed by atoms with Crippen LogP contribution in [0.1, 0.15) is 37.3 Å². The molecule has 24 heavy (non-hydrogen) atoms. The molecule has 0 spiro atoms. The molecule has 2 aliphatic rings. The molecule has 0 aliphatic carbocycles. The Kier molecular flexibility index (Phi) is 4.06. The molecule has 1 unspecified atom stereocenters. The number of aromatic nitrogens is 2. The number of H-pyrrole nitrogens is 1. The van der Waals surface area contributed by atoms with Gasteiger partial charge in [-0.25, -0.2) is 0 Å². The van der Waals surface area contributed by atoms with Crippen molar-refractivity contribution < 1.29 is 9.53 Å². The van der Waals surface area contributed by atoms with E-state index < -0.39 is 0 Å². The number of nitrogens with zero attached hydrogens (tertiary/aromatic N) is 2. The maximum Gasteiger partial charge on any atom is 0.274 e. The molecule has 6 nitrogen and oxygen atoms in total. The van der Waals surface area contributed by atoms with Gasteiger partial charge >= 0.3 is 0 Å². The smallest absolute Gasteiger partial charge is 0.274 e. The van der Waals surface area contributed by atoms with Crippen LogP contribution in [0.2, 0.25) is 0 Å². The Morgan fingerprint density at radius 2 is 2.12 bits per heavy atom. The van der Waals surface area contributed by atoms with E-state index in [4.69, 9.17) is 4.74 Å². The highest BCUT2D eigenvalue weighted by Gasteiger charge is 2.31. The van der Waals surface area contributed by atoms with Crippen molar-refractivity contribution in [2.24, 2.45) is 0 Å². The van der Waals surface area contributed by atoms with Gasteiger partial charge in [0.1, 0.15) is 11.6 Å². The summed E-state index contributed by atoms with van der Waals surface area (Å²) in [6, 6.07) is 5.78. The Bertz CT molecular complexity index is 803. The van der Waals surface area contributed by atoms with Crippen molar-refractivity contribution in [3.63, 3.8) is 0 Å². The summed E-state index contributed by atoms with van der Waals surface area (Å²) < 4.78 is 5.50. The average Bonchev–Trinajstić information content (AvgIpc) is 3.16. The molecule has 2 aliphatic heterocycles. The van der Waals surface area contributed by atoms with Gasteiger partial charge in [0.25, 0.3) is 11.5 Å². The van der Waals surface area contributed by atoms with Gasteiger partial charge in [-0.15, -0.1) is 0 Å². The van der Waals surface area contributed by atoms with Gasteiger partial charge in [0.05, 0.1) is 0 Å². The summed E-state index contributed by atoms with van der Waals surface area (Å²) in [6.45, 7) is 2.13. The second kappa shape index (κ2) is 6.36. The van der Waals surface area contributed by atoms with Crippen LogP contribution in [0.4, 0.5) is 0 Å². The van der Waals surface area contributed by atoms with Crippen molar-refractivity contribution in [2.75, 3.05) is 19.7 Å². The van der Waals surface area contributed by atoms with E-state index in [2.05, 4.69) is 9.97 Å². The normalized spacial score (nSPS) is 22.2. The fourth-order valence-corrected chi connectivity index (χ4v) is 3.72. The lowest BCUT2D eigenvalue weighted by molar-refractivity contribution is -0.142. The first-order chi connectivity index (χ1) is 11.7. The number of likely N-dealkylation sites (tertiary alicyclic amines) is 1. The Balaban J connectivity index is 1.48. The van der Waals surface area contributed by atoms with E-state index >= 15 is 0 Å². The highest BCUT2D eigenvalue weighted by molar-refractivity contribution is 5.81. The summed E-state index contributed by atoms with van der Waals surface area (Å²) in [5.41, 5.74) is 1.29. The van der Waals surface area contributed by atoms with Gasteiger partial charge in [-0.1, -0.05) is 6.07 Å². The first kappa shape index (κ1) is 15.3. The quantitative estimate of drug-likeness (QED) is 0.913. The largest absolute Gasteiger partial charge is 0.368 e. The van der Waals surface area contributed by atoms with Gasteiger partial charge in [-0.3, -0.25) is 14.6 Å². The van der Waals surface area contributed by atoms with Gasteiger partial charge in [0.2, 0.25) is 0 Å². The Hall–Kier alpha value is -2.21. The van der Waals surface area contributed by atoms with E-state index in [9.17, 15) is 9.59 Å². The van der Waals surface area contributed by atoms with Crippen LogP contribution in [0.25, 0.3) is 10.9 Å². The van der Waals surface area contributed by atoms with Gasteiger partial charge in [-0.05, 0) is 37.8 Å². The summed E-state index contributed by atoms with van der Waals surface area (Å²) in [7, 11) is 0. The molecule has 2 fully saturated rings. The lowest BCUT2D eigenvalue weighted by atomic mass is 9.92. The first-order valence-corrected chi connectivity index (χ1v) is 8.61. The minimum Gasteiger partial charge on any atom is -0.368 e. The molecule has 4 rings (SSSR count). The fraction of sp³-hybridized carbons (Fsp3) is 0.500. The lowest BCUT2D eigenvalue weighted by Crippen LogP contribution is -2.43. The molecule has 1 atom stereocenters. The average molecular weight is 327 g/mol. The number of piperidine rings is 1. The van der Waals surface area contributed by atoms with E-state index in [-0.39, 0.29) is 23.5 Å². The number of fused-ring (bicyclic) bond motifs is 1.